The summed E-state index contributed by atoms with van der Waals surface area (Å²) in [4.78, 5) is 7.80. The third-order valence-corrected chi connectivity index (χ3v) is 11.5. The Morgan fingerprint density at radius 2 is 0.833 bits per heavy atom. The van der Waals surface area contributed by atoms with Crippen molar-refractivity contribution in [1.82, 2.24) is 9.97 Å². The molecule has 7 rings (SSSR count). The van der Waals surface area contributed by atoms with Crippen LogP contribution in [0.5, 0.6) is 0 Å². The summed E-state index contributed by atoms with van der Waals surface area (Å²) in [5.41, 5.74) is 3.62. The fourth-order valence-electron chi connectivity index (χ4n) is 6.08. The number of sulfone groups is 2. The Labute approximate surface area is 274 Å². The van der Waals surface area contributed by atoms with E-state index in [0.29, 0.717) is 44.5 Å². The van der Waals surface area contributed by atoms with Crippen LogP contribution in [-0.2, 0) is 19.7 Å². The summed E-state index contributed by atoms with van der Waals surface area (Å²) >= 11 is 0. The summed E-state index contributed by atoms with van der Waals surface area (Å²) in [6.45, 7) is 0. The van der Waals surface area contributed by atoms with Crippen LogP contribution in [0.15, 0.2) is 128 Å². The van der Waals surface area contributed by atoms with Crippen molar-refractivity contribution in [1.29, 1.82) is 21.0 Å². The minimum atomic E-state index is -4.06. The van der Waals surface area contributed by atoms with E-state index in [9.17, 15) is 37.9 Å². The minimum absolute atomic E-state index is 0.0863. The molecular formula is C36H16N6O4S2. The molecule has 2 aliphatic rings. The van der Waals surface area contributed by atoms with Gasteiger partial charge in [-0.1, -0.05) is 24.3 Å². The molecule has 0 radical (unpaired) electrons. The Kier molecular flexibility index (Phi) is 6.86. The van der Waals surface area contributed by atoms with Crippen LogP contribution in [0.25, 0.3) is 33.4 Å². The van der Waals surface area contributed by atoms with E-state index in [1.54, 1.807) is 48.5 Å². The van der Waals surface area contributed by atoms with Crippen molar-refractivity contribution in [2.24, 2.45) is 0 Å². The molecule has 12 heteroatoms. The van der Waals surface area contributed by atoms with Crippen LogP contribution in [0.3, 0.4) is 0 Å². The molecule has 2 heterocycles. The number of nitriles is 4. The number of benzene rings is 3. The van der Waals surface area contributed by atoms with Crippen molar-refractivity contribution in [3.63, 3.8) is 0 Å². The zero-order valence-corrected chi connectivity index (χ0v) is 26.0. The van der Waals surface area contributed by atoms with E-state index in [2.05, 4.69) is 9.97 Å². The molecule has 10 nitrogen and oxygen atoms in total. The van der Waals surface area contributed by atoms with Gasteiger partial charge in [0.1, 0.15) is 35.4 Å². The Balaban J connectivity index is 1.48. The maximum Gasteiger partial charge on any atom is 0.223 e. The molecule has 3 aromatic carbocycles. The molecule has 0 N–H and O–H groups in total. The fourth-order valence-corrected chi connectivity index (χ4v) is 8.52. The Morgan fingerprint density at radius 1 is 0.458 bits per heavy atom. The zero-order chi connectivity index (χ0) is 33.8. The zero-order valence-electron chi connectivity index (χ0n) is 24.4. The van der Waals surface area contributed by atoms with E-state index < -0.39 is 19.7 Å². The highest BCUT2D eigenvalue weighted by Gasteiger charge is 2.35. The van der Waals surface area contributed by atoms with Crippen molar-refractivity contribution in [3.05, 3.63) is 131 Å². The second-order valence-electron chi connectivity index (χ2n) is 10.6. The van der Waals surface area contributed by atoms with Gasteiger partial charge in [-0.3, -0.25) is 0 Å². The van der Waals surface area contributed by atoms with E-state index in [0.717, 1.165) is 0 Å². The van der Waals surface area contributed by atoms with E-state index in [1.807, 2.05) is 24.3 Å². The number of allylic oxidation sites excluding steroid dienone is 2. The van der Waals surface area contributed by atoms with Crippen LogP contribution >= 0.6 is 0 Å². The van der Waals surface area contributed by atoms with Gasteiger partial charge < -0.3 is 0 Å². The van der Waals surface area contributed by atoms with Crippen molar-refractivity contribution < 1.29 is 16.8 Å². The first kappa shape index (κ1) is 30.0. The molecule has 2 aliphatic carbocycles. The Morgan fingerprint density at radius 3 is 1.19 bits per heavy atom. The average Bonchev–Trinajstić information content (AvgIpc) is 3.60. The maximum atomic E-state index is 13.5. The van der Waals surface area contributed by atoms with Gasteiger partial charge in [0.15, 0.2) is 10.1 Å². The number of aromatic nitrogens is 2. The van der Waals surface area contributed by atoms with Crippen LogP contribution in [0.4, 0.5) is 0 Å². The highest BCUT2D eigenvalue weighted by molar-refractivity contribution is 7.91. The van der Waals surface area contributed by atoms with Gasteiger partial charge >= 0.3 is 0 Å². The van der Waals surface area contributed by atoms with E-state index in [-0.39, 0.29) is 42.1 Å². The summed E-state index contributed by atoms with van der Waals surface area (Å²) in [6, 6.07) is 29.0. The molecule has 0 unspecified atom stereocenters. The highest BCUT2D eigenvalue weighted by Crippen LogP contribution is 2.54. The molecule has 0 atom stereocenters. The van der Waals surface area contributed by atoms with Gasteiger partial charge in [-0.15, -0.1) is 0 Å². The van der Waals surface area contributed by atoms with E-state index in [1.165, 1.54) is 48.8 Å². The average molecular weight is 661 g/mol. The van der Waals surface area contributed by atoms with Gasteiger partial charge in [-0.05, 0) is 105 Å². The van der Waals surface area contributed by atoms with Gasteiger partial charge in [-0.2, -0.15) is 21.0 Å². The first-order valence-electron chi connectivity index (χ1n) is 14.0. The lowest BCUT2D eigenvalue weighted by molar-refractivity contribution is 0.590. The number of rotatable bonds is 4. The fraction of sp³-hybridized carbons (Fsp3) is 0. The molecule has 226 valence electrons. The quantitative estimate of drug-likeness (QED) is 0.209. The molecule has 2 aromatic heterocycles. The van der Waals surface area contributed by atoms with Crippen LogP contribution < -0.4 is 0 Å². The molecule has 0 amide bonds. The molecule has 5 aromatic rings. The number of fused-ring (bicyclic) bond motifs is 6. The number of pyridine rings is 2. The van der Waals surface area contributed by atoms with Gasteiger partial charge in [0, 0.05) is 23.5 Å². The topological polar surface area (TPSA) is 189 Å². The minimum Gasteiger partial charge on any atom is -0.244 e. The standard InChI is InChI=1S/C36H16N6O4S2/c37-17-21(18-38)35-29-13-23(47(43,44)33-5-1-3-11-41-33)7-9-25(29)27-15-28-26-10-8-24(48(45,46)34-6-2-4-12-42-34)14-30(26)36(22(19-39)20-40)32(28)16-31(27)35/h1-16H. The van der Waals surface area contributed by atoms with Crippen molar-refractivity contribution in [2.45, 2.75) is 19.8 Å². The summed E-state index contributed by atoms with van der Waals surface area (Å²) in [7, 11) is -8.11. The molecule has 0 fully saturated rings. The molecule has 0 saturated heterocycles. The predicted octanol–water partition coefficient (Wildman–Crippen LogP) is 5.80. The molecule has 0 bridgehead atoms. The summed E-state index contributed by atoms with van der Waals surface area (Å²) < 4.78 is 53.9. The van der Waals surface area contributed by atoms with Gasteiger partial charge in [0.05, 0.1) is 9.79 Å². The molecular weight excluding hydrogens is 645 g/mol. The number of nitrogens with zero attached hydrogens (tertiary/aromatic N) is 6. The second-order valence-corrected chi connectivity index (χ2v) is 14.4. The SMILES string of the molecule is N#CC(C#N)=C1c2cc(S(=O)(=O)c3ccccn3)ccc2-c2cc3c(cc21)C(=C(C#N)C#N)c1cc(S(=O)(=O)c2ccccn2)ccc1-3. The van der Waals surface area contributed by atoms with Gasteiger partial charge in [0.2, 0.25) is 19.7 Å². The lowest BCUT2D eigenvalue weighted by atomic mass is 9.93. The van der Waals surface area contributed by atoms with Crippen molar-refractivity contribution >= 4 is 30.8 Å². The highest BCUT2D eigenvalue weighted by atomic mass is 32.2. The van der Waals surface area contributed by atoms with Crippen molar-refractivity contribution in [3.8, 4) is 46.5 Å². The predicted molar refractivity (Wildman–Crippen MR) is 171 cm³/mol. The smallest absolute Gasteiger partial charge is 0.223 e. The van der Waals surface area contributed by atoms with Crippen LogP contribution in [-0.4, -0.2) is 26.8 Å². The summed E-state index contributed by atoms with van der Waals surface area (Å²) in [6.07, 6.45) is 2.73. The molecule has 0 spiro atoms. The molecule has 0 saturated carbocycles. The molecule has 48 heavy (non-hydrogen) atoms. The largest absolute Gasteiger partial charge is 0.244 e. The van der Waals surface area contributed by atoms with Crippen LogP contribution in [0.1, 0.15) is 22.3 Å². The first-order chi connectivity index (χ1) is 23.1. The summed E-state index contributed by atoms with van der Waals surface area (Å²) in [5, 5.41) is 39.6. The van der Waals surface area contributed by atoms with Crippen LogP contribution in [0, 0.1) is 45.3 Å². The van der Waals surface area contributed by atoms with E-state index in [4.69, 9.17) is 0 Å². The lowest BCUT2D eigenvalue weighted by Gasteiger charge is -2.08. The van der Waals surface area contributed by atoms with Crippen molar-refractivity contribution in [2.75, 3.05) is 0 Å². The van der Waals surface area contributed by atoms with Gasteiger partial charge in [-0.25, -0.2) is 26.8 Å². The third kappa shape index (κ3) is 4.34. The van der Waals surface area contributed by atoms with Gasteiger partial charge in [0.25, 0.3) is 0 Å². The molecule has 0 aliphatic heterocycles. The number of hydrogen-bond acceptors (Lipinski definition) is 10. The van der Waals surface area contributed by atoms with Crippen LogP contribution in [0.2, 0.25) is 0 Å². The third-order valence-electron chi connectivity index (χ3n) is 8.19. The Bertz CT molecular complexity index is 2510. The lowest BCUT2D eigenvalue weighted by Crippen LogP contribution is -2.04. The second kappa shape index (κ2) is 11.0. The Hall–Kier alpha value is -6.70. The summed E-state index contributed by atoms with van der Waals surface area (Å²) in [5.74, 6) is 0. The van der Waals surface area contributed by atoms with E-state index >= 15 is 0 Å². The first-order valence-corrected chi connectivity index (χ1v) is 17.0. The normalized spacial score (nSPS) is 12.3. The number of hydrogen-bond donors (Lipinski definition) is 0. The monoisotopic (exact) mass is 660 g/mol. The maximum absolute atomic E-state index is 13.5.